The Morgan fingerprint density at radius 1 is 0.850 bits per heavy atom. The highest BCUT2D eigenvalue weighted by atomic mass is 14.0. The number of hydrogen-bond donors (Lipinski definition) is 0. The lowest BCUT2D eigenvalue weighted by molar-refractivity contribution is 1.41. The van der Waals surface area contributed by atoms with Crippen LogP contribution in [0.5, 0.6) is 0 Å². The van der Waals surface area contributed by atoms with E-state index in [9.17, 15) is 0 Å². The van der Waals surface area contributed by atoms with Gasteiger partial charge in [0.1, 0.15) is 0 Å². The maximum atomic E-state index is 3.81. The predicted molar refractivity (Wildman–Crippen MR) is 98.0 cm³/mol. The lowest BCUT2D eigenvalue weighted by Gasteiger charge is -2.02. The van der Waals surface area contributed by atoms with Gasteiger partial charge in [0, 0.05) is 0 Å². The Morgan fingerprint density at radius 2 is 1.40 bits per heavy atom. The molecule has 0 unspecified atom stereocenters. The molecular weight excluding hydrogens is 240 g/mol. The third-order valence-electron chi connectivity index (χ3n) is 2.07. The van der Waals surface area contributed by atoms with Crippen LogP contribution >= 0.6 is 0 Å². The Labute approximate surface area is 127 Å². The smallest absolute Gasteiger partial charge is 0.0233 e. The van der Waals surface area contributed by atoms with Crippen LogP contribution in [0.25, 0.3) is 0 Å². The van der Waals surface area contributed by atoms with Gasteiger partial charge in [0.2, 0.25) is 0 Å². The van der Waals surface area contributed by atoms with E-state index in [1.807, 2.05) is 71.1 Å². The van der Waals surface area contributed by atoms with E-state index in [2.05, 4.69) is 32.7 Å². The molecule has 0 rings (SSSR count). The van der Waals surface area contributed by atoms with Gasteiger partial charge in [-0.15, -0.1) is 0 Å². The van der Waals surface area contributed by atoms with Crippen molar-refractivity contribution in [2.45, 2.75) is 41.5 Å². The predicted octanol–water partition coefficient (Wildman–Crippen LogP) is 6.97. The topological polar surface area (TPSA) is 0 Å². The number of hydrogen-bond acceptors (Lipinski definition) is 0. The standard InChI is InChI=1S/C16H20.2C2H6/c1-6-10-12-16(9-4)14(5)13-15(8-3)11-7-2;2*1-2/h6-13H,2-4H2,1,5H3;2*1-2H3/b10-6-,14-13+,15-11+,16-12+;;. The van der Waals surface area contributed by atoms with E-state index in [0.717, 1.165) is 16.7 Å². The lowest BCUT2D eigenvalue weighted by atomic mass is 10.0. The van der Waals surface area contributed by atoms with Crippen LogP contribution in [0.3, 0.4) is 0 Å². The quantitative estimate of drug-likeness (QED) is 0.458. The average Bonchev–Trinajstić information content (AvgIpc) is 2.51. The SMILES string of the molecule is C=C/C=C(C=C)/C=C(C)/C(C=C)=C/C=C\C.CC.CC. The fourth-order valence-corrected chi connectivity index (χ4v) is 1.20. The average molecular weight is 272 g/mol. The third kappa shape index (κ3) is 12.6. The van der Waals surface area contributed by atoms with Crippen molar-refractivity contribution in [2.24, 2.45) is 0 Å². The Hall–Kier alpha value is -1.82. The summed E-state index contributed by atoms with van der Waals surface area (Å²) in [7, 11) is 0. The van der Waals surface area contributed by atoms with Crippen LogP contribution in [0.4, 0.5) is 0 Å². The Morgan fingerprint density at radius 3 is 1.75 bits per heavy atom. The van der Waals surface area contributed by atoms with Gasteiger partial charge in [0.05, 0.1) is 0 Å². The lowest BCUT2D eigenvalue weighted by Crippen LogP contribution is -1.82. The minimum atomic E-state index is 1.04. The van der Waals surface area contributed by atoms with Gasteiger partial charge < -0.3 is 0 Å². The van der Waals surface area contributed by atoms with E-state index in [0.29, 0.717) is 0 Å². The van der Waals surface area contributed by atoms with Gasteiger partial charge in [-0.25, -0.2) is 0 Å². The highest BCUT2D eigenvalue weighted by Gasteiger charge is 1.94. The highest BCUT2D eigenvalue weighted by Crippen LogP contribution is 2.14. The highest BCUT2D eigenvalue weighted by molar-refractivity contribution is 5.46. The first-order chi connectivity index (χ1) is 9.69. The van der Waals surface area contributed by atoms with E-state index < -0.39 is 0 Å². The van der Waals surface area contributed by atoms with Crippen molar-refractivity contribution < 1.29 is 0 Å². The molecular formula is C20H32. The largest absolute Gasteiger partial charge is 0.0990 e. The zero-order valence-electron chi connectivity index (χ0n) is 14.2. The Bertz CT molecular complexity index is 371. The molecule has 0 aliphatic carbocycles. The molecule has 0 aromatic rings. The van der Waals surface area contributed by atoms with Crippen LogP contribution in [0.15, 0.2) is 85.1 Å². The molecule has 0 aromatic heterocycles. The van der Waals surface area contributed by atoms with Crippen LogP contribution in [0, 0.1) is 0 Å². The molecule has 112 valence electrons. The van der Waals surface area contributed by atoms with Crippen molar-refractivity contribution in [3.63, 3.8) is 0 Å². The van der Waals surface area contributed by atoms with Gasteiger partial charge in [0.15, 0.2) is 0 Å². The van der Waals surface area contributed by atoms with E-state index >= 15 is 0 Å². The summed E-state index contributed by atoms with van der Waals surface area (Å²) < 4.78 is 0. The molecule has 0 aliphatic rings. The molecule has 0 fully saturated rings. The second-order valence-electron chi connectivity index (χ2n) is 3.29. The maximum absolute atomic E-state index is 3.81. The summed E-state index contributed by atoms with van der Waals surface area (Å²) in [5.74, 6) is 0. The summed E-state index contributed by atoms with van der Waals surface area (Å²) in [6.07, 6.45) is 15.4. The second-order valence-corrected chi connectivity index (χ2v) is 3.29. The van der Waals surface area contributed by atoms with Crippen molar-refractivity contribution in [3.8, 4) is 0 Å². The summed E-state index contributed by atoms with van der Waals surface area (Å²) in [5, 5.41) is 0. The van der Waals surface area contributed by atoms with Gasteiger partial charge in [-0.3, -0.25) is 0 Å². The summed E-state index contributed by atoms with van der Waals surface area (Å²) >= 11 is 0. The molecule has 0 atom stereocenters. The molecule has 0 heteroatoms. The molecule has 0 saturated carbocycles. The fourth-order valence-electron chi connectivity index (χ4n) is 1.20. The molecule has 0 N–H and O–H groups in total. The molecule has 20 heavy (non-hydrogen) atoms. The van der Waals surface area contributed by atoms with Gasteiger partial charge >= 0.3 is 0 Å². The Balaban J connectivity index is -0.000000656. The van der Waals surface area contributed by atoms with Crippen molar-refractivity contribution in [1.29, 1.82) is 0 Å². The summed E-state index contributed by atoms with van der Waals surface area (Å²) in [5.41, 5.74) is 3.30. The van der Waals surface area contributed by atoms with Crippen LogP contribution in [-0.4, -0.2) is 0 Å². The first kappa shape index (κ1) is 23.3. The van der Waals surface area contributed by atoms with Gasteiger partial charge in [-0.2, -0.15) is 0 Å². The van der Waals surface area contributed by atoms with Crippen molar-refractivity contribution in [3.05, 3.63) is 85.1 Å². The normalized spacial score (nSPS) is 11.8. The van der Waals surface area contributed by atoms with Gasteiger partial charge in [-0.1, -0.05) is 96.0 Å². The van der Waals surface area contributed by atoms with E-state index in [1.54, 1.807) is 6.08 Å². The minimum absolute atomic E-state index is 1.04. The molecule has 0 aromatic carbocycles. The zero-order chi connectivity index (χ0) is 16.4. The molecule has 0 radical (unpaired) electrons. The van der Waals surface area contributed by atoms with Crippen molar-refractivity contribution in [1.82, 2.24) is 0 Å². The van der Waals surface area contributed by atoms with Crippen LogP contribution in [0.1, 0.15) is 41.5 Å². The molecule has 0 nitrogen and oxygen atoms in total. The monoisotopic (exact) mass is 272 g/mol. The van der Waals surface area contributed by atoms with Gasteiger partial charge in [-0.05, 0) is 30.6 Å². The van der Waals surface area contributed by atoms with Crippen molar-refractivity contribution >= 4 is 0 Å². The van der Waals surface area contributed by atoms with Crippen molar-refractivity contribution in [2.75, 3.05) is 0 Å². The molecule has 0 bridgehead atoms. The van der Waals surface area contributed by atoms with E-state index in [4.69, 9.17) is 0 Å². The first-order valence-corrected chi connectivity index (χ1v) is 7.28. The minimum Gasteiger partial charge on any atom is -0.0990 e. The molecule has 0 amide bonds. The van der Waals surface area contributed by atoms with E-state index in [-0.39, 0.29) is 0 Å². The fraction of sp³-hybridized carbons (Fsp3) is 0.300. The molecule has 0 spiro atoms. The van der Waals surface area contributed by atoms with Crippen LogP contribution in [0.2, 0.25) is 0 Å². The Kier molecular flexibility index (Phi) is 22.7. The first-order valence-electron chi connectivity index (χ1n) is 7.28. The summed E-state index contributed by atoms with van der Waals surface area (Å²) in [6.45, 7) is 23.3. The number of rotatable bonds is 6. The van der Waals surface area contributed by atoms with Crippen LogP contribution in [-0.2, 0) is 0 Å². The second kappa shape index (κ2) is 19.5. The summed E-state index contributed by atoms with van der Waals surface area (Å²) in [4.78, 5) is 0. The third-order valence-corrected chi connectivity index (χ3v) is 2.07. The molecule has 0 heterocycles. The number of allylic oxidation sites excluding steroid dienone is 11. The zero-order valence-corrected chi connectivity index (χ0v) is 14.2. The van der Waals surface area contributed by atoms with Crippen LogP contribution < -0.4 is 0 Å². The molecule has 0 saturated heterocycles. The van der Waals surface area contributed by atoms with E-state index in [1.165, 1.54) is 0 Å². The van der Waals surface area contributed by atoms with Gasteiger partial charge in [0.25, 0.3) is 0 Å². The maximum Gasteiger partial charge on any atom is -0.0233 e. The summed E-state index contributed by atoms with van der Waals surface area (Å²) in [6, 6.07) is 0. The molecule has 0 aliphatic heterocycles.